The molecule has 0 radical (unpaired) electrons. The van der Waals surface area contributed by atoms with Crippen molar-refractivity contribution >= 4 is 17.4 Å². The summed E-state index contributed by atoms with van der Waals surface area (Å²) in [5.41, 5.74) is 3.60. The first-order valence-electron chi connectivity index (χ1n) is 7.87. The van der Waals surface area contributed by atoms with Crippen LogP contribution in [0.3, 0.4) is 0 Å². The lowest BCUT2D eigenvalue weighted by atomic mass is 10.2. The van der Waals surface area contributed by atoms with Crippen LogP contribution in [0.2, 0.25) is 0 Å². The molecule has 4 rings (SSSR count). The first-order chi connectivity index (χ1) is 12.8. The quantitative estimate of drug-likeness (QED) is 0.505. The van der Waals surface area contributed by atoms with Gasteiger partial charge in [0.05, 0.1) is 24.6 Å². The normalized spacial score (nSPS) is 12.0. The van der Waals surface area contributed by atoms with Gasteiger partial charge in [-0.3, -0.25) is 14.6 Å². The average Bonchev–Trinajstić information content (AvgIpc) is 3.35. The zero-order chi connectivity index (χ0) is 17.8. The third-order valence-corrected chi connectivity index (χ3v) is 4.28. The van der Waals surface area contributed by atoms with Crippen LogP contribution >= 0.6 is 11.5 Å². The molecule has 26 heavy (non-hydrogen) atoms. The summed E-state index contributed by atoms with van der Waals surface area (Å²) in [7, 11) is 0. The molecule has 0 amide bonds. The van der Waals surface area contributed by atoms with Gasteiger partial charge in [-0.05, 0) is 23.7 Å². The molecule has 0 fully saturated rings. The second-order valence-electron chi connectivity index (χ2n) is 5.55. The van der Waals surface area contributed by atoms with E-state index in [1.165, 1.54) is 11.5 Å². The Balaban J connectivity index is 1.38. The fraction of sp³-hybridized carbons (Fsp3) is 0.118. The van der Waals surface area contributed by atoms with Crippen molar-refractivity contribution in [2.75, 3.05) is 5.32 Å². The highest BCUT2D eigenvalue weighted by Gasteiger charge is 2.09. The van der Waals surface area contributed by atoms with Gasteiger partial charge < -0.3 is 10.4 Å². The summed E-state index contributed by atoms with van der Waals surface area (Å²) in [6.45, 7) is 0.297. The third-order valence-electron chi connectivity index (χ3n) is 3.70. The lowest BCUT2D eigenvalue weighted by Gasteiger charge is -2.13. The first kappa shape index (κ1) is 16.3. The van der Waals surface area contributed by atoms with Crippen molar-refractivity contribution in [1.82, 2.24) is 29.1 Å². The van der Waals surface area contributed by atoms with E-state index in [2.05, 4.69) is 29.7 Å². The van der Waals surface area contributed by atoms with Crippen LogP contribution in [-0.2, 0) is 6.54 Å². The Labute approximate surface area is 153 Å². The van der Waals surface area contributed by atoms with Gasteiger partial charge in [0.25, 0.3) is 0 Å². The van der Waals surface area contributed by atoms with Gasteiger partial charge in [0.15, 0.2) is 0 Å². The molecule has 0 bridgehead atoms. The summed E-state index contributed by atoms with van der Waals surface area (Å²) in [6, 6.07) is 3.67. The van der Waals surface area contributed by atoms with Crippen molar-refractivity contribution in [2.24, 2.45) is 0 Å². The van der Waals surface area contributed by atoms with E-state index in [-0.39, 0.29) is 0 Å². The van der Waals surface area contributed by atoms with Gasteiger partial charge in [0.1, 0.15) is 12.0 Å². The fourth-order valence-corrected chi connectivity index (χ4v) is 2.98. The van der Waals surface area contributed by atoms with E-state index < -0.39 is 6.23 Å². The number of aromatic nitrogens is 6. The van der Waals surface area contributed by atoms with Gasteiger partial charge in [-0.2, -0.15) is 5.10 Å². The van der Waals surface area contributed by atoms with Crippen LogP contribution in [-0.4, -0.2) is 40.4 Å². The molecule has 8 nitrogen and oxygen atoms in total. The molecular formula is C17H15N7OS. The van der Waals surface area contributed by atoms with E-state index in [9.17, 15) is 5.11 Å². The van der Waals surface area contributed by atoms with Gasteiger partial charge in [-0.25, -0.2) is 9.36 Å². The summed E-state index contributed by atoms with van der Waals surface area (Å²) in [5.74, 6) is 0.569. The lowest BCUT2D eigenvalue weighted by molar-refractivity contribution is 0.176. The van der Waals surface area contributed by atoms with Crippen LogP contribution in [0.15, 0.2) is 60.9 Å². The minimum Gasteiger partial charge on any atom is -0.372 e. The molecule has 0 spiro atoms. The van der Waals surface area contributed by atoms with Crippen molar-refractivity contribution in [1.29, 1.82) is 0 Å². The van der Waals surface area contributed by atoms with E-state index in [1.54, 1.807) is 47.9 Å². The van der Waals surface area contributed by atoms with Gasteiger partial charge in [0, 0.05) is 53.1 Å². The largest absolute Gasteiger partial charge is 0.372 e. The zero-order valence-electron chi connectivity index (χ0n) is 13.6. The van der Waals surface area contributed by atoms with Crippen LogP contribution < -0.4 is 5.32 Å². The maximum Gasteiger partial charge on any atom is 0.145 e. The van der Waals surface area contributed by atoms with Crippen molar-refractivity contribution in [3.8, 4) is 22.4 Å². The highest BCUT2D eigenvalue weighted by molar-refractivity contribution is 7.03. The molecular weight excluding hydrogens is 350 g/mol. The minimum absolute atomic E-state index is 0.297. The van der Waals surface area contributed by atoms with E-state index in [0.717, 1.165) is 22.4 Å². The third kappa shape index (κ3) is 3.73. The molecule has 0 aliphatic heterocycles. The summed E-state index contributed by atoms with van der Waals surface area (Å²) in [4.78, 5) is 12.6. The lowest BCUT2D eigenvalue weighted by Crippen LogP contribution is -2.25. The molecule has 0 saturated carbocycles. The summed E-state index contributed by atoms with van der Waals surface area (Å²) < 4.78 is 5.76. The number of nitrogens with zero attached hydrogens (tertiary/aromatic N) is 6. The van der Waals surface area contributed by atoms with Crippen LogP contribution in [0, 0.1) is 0 Å². The molecule has 0 aromatic carbocycles. The number of pyridine rings is 1. The number of aliphatic hydroxyl groups is 1. The maximum atomic E-state index is 10.2. The Kier molecular flexibility index (Phi) is 4.63. The maximum absolute atomic E-state index is 10.2. The van der Waals surface area contributed by atoms with Gasteiger partial charge >= 0.3 is 0 Å². The topological polar surface area (TPSA) is 102 Å². The monoisotopic (exact) mass is 365 g/mol. The first-order valence-corrected chi connectivity index (χ1v) is 8.71. The van der Waals surface area contributed by atoms with Crippen molar-refractivity contribution in [3.05, 3.63) is 60.9 Å². The molecule has 130 valence electrons. The molecule has 4 heterocycles. The van der Waals surface area contributed by atoms with Crippen LogP contribution in [0.4, 0.5) is 5.82 Å². The van der Waals surface area contributed by atoms with Gasteiger partial charge in [-0.15, -0.1) is 0 Å². The van der Waals surface area contributed by atoms with E-state index >= 15 is 0 Å². The SMILES string of the molecule is OC(Cn1cc(-c2cnsc2)cn1)Nc1ccc(-c2cnccn2)cn1. The van der Waals surface area contributed by atoms with Crippen molar-refractivity contribution in [2.45, 2.75) is 12.8 Å². The van der Waals surface area contributed by atoms with Crippen molar-refractivity contribution in [3.63, 3.8) is 0 Å². The van der Waals surface area contributed by atoms with E-state index in [0.29, 0.717) is 12.4 Å². The minimum atomic E-state index is -0.821. The average molecular weight is 365 g/mol. The molecule has 4 aromatic rings. The second-order valence-corrected chi connectivity index (χ2v) is 6.20. The highest BCUT2D eigenvalue weighted by atomic mass is 32.1. The zero-order valence-corrected chi connectivity index (χ0v) is 14.4. The number of hydrogen-bond acceptors (Lipinski definition) is 8. The molecule has 0 saturated heterocycles. The van der Waals surface area contributed by atoms with Crippen LogP contribution in [0.25, 0.3) is 22.4 Å². The number of aliphatic hydroxyl groups excluding tert-OH is 1. The Morgan fingerprint density at radius 3 is 2.73 bits per heavy atom. The Morgan fingerprint density at radius 2 is 2.00 bits per heavy atom. The molecule has 2 N–H and O–H groups in total. The number of nitrogens with one attached hydrogen (secondary N) is 1. The summed E-state index contributed by atoms with van der Waals surface area (Å²) in [6.07, 6.45) is 11.2. The molecule has 0 aliphatic rings. The number of hydrogen-bond donors (Lipinski definition) is 2. The summed E-state index contributed by atoms with van der Waals surface area (Å²) in [5, 5.41) is 19.4. The molecule has 1 unspecified atom stereocenters. The number of rotatable bonds is 6. The summed E-state index contributed by atoms with van der Waals surface area (Å²) >= 11 is 1.39. The van der Waals surface area contributed by atoms with Gasteiger partial charge in [-0.1, -0.05) is 0 Å². The second kappa shape index (κ2) is 7.38. The molecule has 4 aromatic heterocycles. The van der Waals surface area contributed by atoms with E-state index in [4.69, 9.17) is 0 Å². The highest BCUT2D eigenvalue weighted by Crippen LogP contribution is 2.19. The van der Waals surface area contributed by atoms with Gasteiger partial charge in [0.2, 0.25) is 0 Å². The van der Waals surface area contributed by atoms with E-state index in [1.807, 2.05) is 17.6 Å². The predicted molar refractivity (Wildman–Crippen MR) is 98.2 cm³/mol. The predicted octanol–water partition coefficient (Wildman–Crippen LogP) is 2.29. The van der Waals surface area contributed by atoms with Crippen LogP contribution in [0.5, 0.6) is 0 Å². The Bertz CT molecular complexity index is 954. The molecule has 0 aliphatic carbocycles. The number of anilines is 1. The Hall–Kier alpha value is -3.17. The standard InChI is InChI=1S/C17H15N7OS/c25-17(10-24-9-13(6-21-24)14-7-22-26-11-14)23-16-2-1-12(5-20-16)15-8-18-3-4-19-15/h1-9,11,17,25H,10H2,(H,20,23). The molecule has 9 heteroatoms. The molecule has 1 atom stereocenters. The Morgan fingerprint density at radius 1 is 1.04 bits per heavy atom. The smallest absolute Gasteiger partial charge is 0.145 e. The fourth-order valence-electron chi connectivity index (χ4n) is 2.43. The van der Waals surface area contributed by atoms with Crippen LogP contribution in [0.1, 0.15) is 0 Å². The van der Waals surface area contributed by atoms with Crippen molar-refractivity contribution < 1.29 is 5.11 Å².